The van der Waals surface area contributed by atoms with Crippen LogP contribution in [-0.4, -0.2) is 21.8 Å². The van der Waals surface area contributed by atoms with Gasteiger partial charge in [0.15, 0.2) is 5.84 Å². The molecule has 2 rings (SSSR count). The molecule has 0 aliphatic carbocycles. The highest BCUT2D eigenvalue weighted by Gasteiger charge is 2.21. The summed E-state index contributed by atoms with van der Waals surface area (Å²) in [5, 5.41) is 2.50. The third-order valence-corrected chi connectivity index (χ3v) is 1.69. The van der Waals surface area contributed by atoms with Crippen LogP contribution < -0.4 is 11.1 Å². The predicted octanol–water partition coefficient (Wildman–Crippen LogP) is -0.196. The molecule has 0 amide bonds. The molecule has 0 radical (unpaired) electrons. The summed E-state index contributed by atoms with van der Waals surface area (Å²) in [7, 11) is 1.75. The largest absolute Gasteiger partial charge is 0.382 e. The Morgan fingerprint density at radius 1 is 1.75 bits per heavy atom. The van der Waals surface area contributed by atoms with E-state index in [4.69, 9.17) is 5.73 Å². The zero-order chi connectivity index (χ0) is 8.72. The second-order valence-electron chi connectivity index (χ2n) is 2.55. The van der Waals surface area contributed by atoms with Crippen molar-refractivity contribution in [2.75, 3.05) is 5.32 Å². The first kappa shape index (κ1) is 7.08. The Balaban J connectivity index is 2.55. The second kappa shape index (κ2) is 2.20. The SMILES string of the molecule is Cn1cnc2c1NC(F)N=C2N. The minimum atomic E-state index is -1.46. The minimum absolute atomic E-state index is 0.136. The van der Waals surface area contributed by atoms with E-state index in [1.165, 1.54) is 0 Å². The summed E-state index contributed by atoms with van der Waals surface area (Å²) >= 11 is 0. The van der Waals surface area contributed by atoms with Gasteiger partial charge in [0.2, 0.25) is 0 Å². The third kappa shape index (κ3) is 0.843. The second-order valence-corrected chi connectivity index (χ2v) is 2.55. The topological polar surface area (TPSA) is 68.2 Å². The van der Waals surface area contributed by atoms with Gasteiger partial charge in [-0.15, -0.1) is 0 Å². The number of anilines is 1. The van der Waals surface area contributed by atoms with Crippen LogP contribution in [0.4, 0.5) is 10.2 Å². The lowest BCUT2D eigenvalue weighted by molar-refractivity contribution is 0.383. The van der Waals surface area contributed by atoms with Crippen molar-refractivity contribution in [1.82, 2.24) is 9.55 Å². The number of hydrogen-bond donors (Lipinski definition) is 2. The molecule has 3 N–H and O–H groups in total. The molecule has 1 aromatic rings. The molecule has 0 aromatic carbocycles. The molecular weight excluding hydrogens is 161 g/mol. The number of imidazole rings is 1. The van der Waals surface area contributed by atoms with Gasteiger partial charge in [-0.1, -0.05) is 0 Å². The summed E-state index contributed by atoms with van der Waals surface area (Å²) in [5.41, 5.74) is 5.95. The van der Waals surface area contributed by atoms with Crippen LogP contribution in [0.3, 0.4) is 0 Å². The van der Waals surface area contributed by atoms with Gasteiger partial charge < -0.3 is 15.6 Å². The number of halogens is 1. The summed E-state index contributed by atoms with van der Waals surface area (Å²) < 4.78 is 14.4. The zero-order valence-corrected chi connectivity index (χ0v) is 6.45. The Labute approximate surface area is 68.1 Å². The van der Waals surface area contributed by atoms with Gasteiger partial charge in [0, 0.05) is 7.05 Å². The van der Waals surface area contributed by atoms with E-state index in [9.17, 15) is 4.39 Å². The number of nitrogens with zero attached hydrogens (tertiary/aromatic N) is 3. The van der Waals surface area contributed by atoms with Crippen LogP contribution in [0.25, 0.3) is 0 Å². The van der Waals surface area contributed by atoms with Crippen molar-refractivity contribution in [1.29, 1.82) is 0 Å². The summed E-state index contributed by atoms with van der Waals surface area (Å²) in [6, 6.07) is 0. The minimum Gasteiger partial charge on any atom is -0.382 e. The van der Waals surface area contributed by atoms with Crippen molar-refractivity contribution in [3.63, 3.8) is 0 Å². The van der Waals surface area contributed by atoms with E-state index >= 15 is 0 Å². The molecule has 0 bridgehead atoms. The van der Waals surface area contributed by atoms with Crippen molar-refractivity contribution in [3.8, 4) is 0 Å². The van der Waals surface area contributed by atoms with Crippen LogP contribution in [0.15, 0.2) is 11.3 Å². The number of hydrogen-bond acceptors (Lipinski definition) is 4. The first-order valence-corrected chi connectivity index (χ1v) is 3.44. The molecule has 0 spiro atoms. The number of amidine groups is 1. The summed E-state index contributed by atoms with van der Waals surface area (Å²) in [5.74, 6) is 0.701. The molecule has 5 nitrogen and oxygen atoms in total. The Hall–Kier alpha value is -1.59. The molecule has 12 heavy (non-hydrogen) atoms. The first-order chi connectivity index (χ1) is 5.68. The standard InChI is InChI=1S/C6H8FN5/c1-12-2-9-3-4(8)10-6(7)11-5(3)12/h2,6,11H,1H3,(H2,8,10). The Bertz CT molecular complexity index is 342. The fourth-order valence-electron chi connectivity index (χ4n) is 1.12. The Morgan fingerprint density at radius 2 is 2.50 bits per heavy atom. The predicted molar refractivity (Wildman–Crippen MR) is 42.5 cm³/mol. The monoisotopic (exact) mass is 169 g/mol. The van der Waals surface area contributed by atoms with Crippen LogP contribution in [-0.2, 0) is 7.05 Å². The van der Waals surface area contributed by atoms with Crippen molar-refractivity contribution in [2.45, 2.75) is 6.42 Å². The maximum absolute atomic E-state index is 12.8. The van der Waals surface area contributed by atoms with E-state index in [-0.39, 0.29) is 5.84 Å². The average molecular weight is 169 g/mol. The fraction of sp³-hybridized carbons (Fsp3) is 0.333. The van der Waals surface area contributed by atoms with Gasteiger partial charge in [0.1, 0.15) is 11.5 Å². The Morgan fingerprint density at radius 3 is 3.25 bits per heavy atom. The zero-order valence-electron chi connectivity index (χ0n) is 6.45. The van der Waals surface area contributed by atoms with E-state index in [1.807, 2.05) is 0 Å². The maximum Gasteiger partial charge on any atom is 0.267 e. The number of nitrogens with two attached hydrogens (primary N) is 1. The van der Waals surface area contributed by atoms with Crippen molar-refractivity contribution < 1.29 is 4.39 Å². The van der Waals surface area contributed by atoms with E-state index in [2.05, 4.69) is 15.3 Å². The first-order valence-electron chi connectivity index (χ1n) is 3.44. The molecule has 0 saturated heterocycles. The summed E-state index contributed by atoms with van der Waals surface area (Å²) in [6.45, 7) is 0. The number of aliphatic imine (C=N–C) groups is 1. The lowest BCUT2D eigenvalue weighted by atomic mass is 10.3. The highest BCUT2D eigenvalue weighted by atomic mass is 19.1. The highest BCUT2D eigenvalue weighted by Crippen LogP contribution is 2.18. The molecule has 1 aliphatic heterocycles. The number of nitrogens with one attached hydrogen (secondary N) is 1. The molecule has 1 aromatic heterocycles. The number of fused-ring (bicyclic) bond motifs is 1. The highest BCUT2D eigenvalue weighted by molar-refractivity contribution is 6.01. The molecule has 0 saturated carbocycles. The molecule has 0 fully saturated rings. The third-order valence-electron chi connectivity index (χ3n) is 1.69. The van der Waals surface area contributed by atoms with Crippen LogP contribution in [0, 0.1) is 0 Å². The van der Waals surface area contributed by atoms with Crippen LogP contribution in [0.2, 0.25) is 0 Å². The summed E-state index contributed by atoms with van der Waals surface area (Å²) in [6.07, 6.45) is 0.0888. The molecule has 1 atom stereocenters. The van der Waals surface area contributed by atoms with E-state index in [0.717, 1.165) is 0 Å². The van der Waals surface area contributed by atoms with E-state index < -0.39 is 6.42 Å². The Kier molecular flexibility index (Phi) is 1.30. The number of aryl methyl sites for hydroxylation is 1. The maximum atomic E-state index is 12.8. The summed E-state index contributed by atoms with van der Waals surface area (Å²) in [4.78, 5) is 7.43. The van der Waals surface area contributed by atoms with Gasteiger partial charge in [0.05, 0.1) is 6.33 Å². The van der Waals surface area contributed by atoms with Gasteiger partial charge in [-0.05, 0) is 0 Å². The molecule has 64 valence electrons. The quantitative estimate of drug-likeness (QED) is 0.528. The van der Waals surface area contributed by atoms with Crippen molar-refractivity contribution >= 4 is 11.7 Å². The molecule has 1 aliphatic rings. The molecular formula is C6H8FN5. The van der Waals surface area contributed by atoms with E-state index in [0.29, 0.717) is 11.5 Å². The number of aromatic nitrogens is 2. The lowest BCUT2D eigenvalue weighted by Gasteiger charge is -2.15. The van der Waals surface area contributed by atoms with Gasteiger partial charge in [-0.3, -0.25) is 0 Å². The van der Waals surface area contributed by atoms with Crippen LogP contribution in [0.1, 0.15) is 5.69 Å². The average Bonchev–Trinajstić information content (AvgIpc) is 2.33. The van der Waals surface area contributed by atoms with Gasteiger partial charge >= 0.3 is 0 Å². The van der Waals surface area contributed by atoms with Crippen molar-refractivity contribution in [2.24, 2.45) is 17.8 Å². The van der Waals surface area contributed by atoms with Crippen LogP contribution in [0.5, 0.6) is 0 Å². The smallest absolute Gasteiger partial charge is 0.267 e. The number of rotatable bonds is 0. The van der Waals surface area contributed by atoms with Gasteiger partial charge in [0.25, 0.3) is 6.42 Å². The fourth-order valence-corrected chi connectivity index (χ4v) is 1.12. The van der Waals surface area contributed by atoms with Gasteiger partial charge in [-0.2, -0.15) is 4.39 Å². The molecule has 6 heteroatoms. The molecule has 2 heterocycles. The van der Waals surface area contributed by atoms with Crippen LogP contribution >= 0.6 is 0 Å². The van der Waals surface area contributed by atoms with Gasteiger partial charge in [-0.25, -0.2) is 9.98 Å². The lowest BCUT2D eigenvalue weighted by Crippen LogP contribution is -2.28. The normalized spacial score (nSPS) is 21.2. The molecule has 1 unspecified atom stereocenters. The van der Waals surface area contributed by atoms with Crippen molar-refractivity contribution in [3.05, 3.63) is 12.0 Å². The van der Waals surface area contributed by atoms with E-state index in [1.54, 1.807) is 17.9 Å². The number of alkyl halides is 1.